The number of halogens is 1. The Morgan fingerprint density at radius 1 is 1.21 bits per heavy atom. The molecule has 1 saturated carbocycles. The summed E-state index contributed by atoms with van der Waals surface area (Å²) in [5.74, 6) is 0.133. The Balaban J connectivity index is 0.00000208. The number of nitrogens with one attached hydrogen (secondary N) is 1. The lowest BCUT2D eigenvalue weighted by Gasteiger charge is -2.36. The highest BCUT2D eigenvalue weighted by atomic mass is 35.5. The van der Waals surface area contributed by atoms with Gasteiger partial charge in [-0.05, 0) is 36.8 Å². The van der Waals surface area contributed by atoms with Crippen LogP contribution in [0.2, 0.25) is 0 Å². The zero-order valence-electron chi connectivity index (χ0n) is 14.2. The van der Waals surface area contributed by atoms with Gasteiger partial charge in [-0.15, -0.1) is 12.4 Å². The van der Waals surface area contributed by atoms with Gasteiger partial charge >= 0.3 is 0 Å². The van der Waals surface area contributed by atoms with Crippen molar-refractivity contribution in [2.45, 2.75) is 57.1 Å². The third-order valence-corrected chi connectivity index (χ3v) is 5.45. The van der Waals surface area contributed by atoms with E-state index >= 15 is 0 Å². The average Bonchev–Trinajstić information content (AvgIpc) is 3.04. The molecule has 1 aliphatic carbocycles. The second-order valence-electron chi connectivity index (χ2n) is 7.11. The van der Waals surface area contributed by atoms with E-state index in [9.17, 15) is 4.79 Å². The lowest BCUT2D eigenvalue weighted by atomic mass is 9.71. The molecule has 2 fully saturated rings. The Hall–Kier alpha value is -1.10. The van der Waals surface area contributed by atoms with Crippen LogP contribution in [0, 0.1) is 5.41 Å². The summed E-state index contributed by atoms with van der Waals surface area (Å²) in [4.78, 5) is 12.6. The average molecular weight is 353 g/mol. The van der Waals surface area contributed by atoms with Crippen molar-refractivity contribution in [2.75, 3.05) is 13.2 Å². The Morgan fingerprint density at radius 2 is 1.92 bits per heavy atom. The molecule has 24 heavy (non-hydrogen) atoms. The molecule has 5 heteroatoms. The highest BCUT2D eigenvalue weighted by Crippen LogP contribution is 2.38. The quantitative estimate of drug-likeness (QED) is 0.854. The van der Waals surface area contributed by atoms with Crippen LogP contribution < -0.4 is 11.1 Å². The predicted molar refractivity (Wildman–Crippen MR) is 98.1 cm³/mol. The number of amides is 1. The Bertz CT molecular complexity index is 517. The van der Waals surface area contributed by atoms with E-state index in [1.54, 1.807) is 0 Å². The molecule has 1 aromatic rings. The number of carbonyl (C=O) groups excluding carboxylic acids is 1. The zero-order chi connectivity index (χ0) is 16.1. The topological polar surface area (TPSA) is 64.4 Å². The maximum Gasteiger partial charge on any atom is 0.220 e. The molecule has 1 saturated heterocycles. The van der Waals surface area contributed by atoms with Crippen molar-refractivity contribution in [2.24, 2.45) is 11.1 Å². The number of ether oxygens (including phenoxy) is 1. The minimum atomic E-state index is -0.0275. The molecule has 2 atom stereocenters. The molecule has 0 radical (unpaired) electrons. The molecule has 1 heterocycles. The van der Waals surface area contributed by atoms with Gasteiger partial charge in [0.1, 0.15) is 6.10 Å². The molecule has 2 aliphatic rings. The van der Waals surface area contributed by atoms with E-state index in [-0.39, 0.29) is 35.9 Å². The normalized spacial score (nSPS) is 25.7. The molecular formula is C19H29ClN2O2. The van der Waals surface area contributed by atoms with Crippen LogP contribution >= 0.6 is 12.4 Å². The van der Waals surface area contributed by atoms with Crippen LogP contribution in [0.5, 0.6) is 0 Å². The third-order valence-electron chi connectivity index (χ3n) is 5.45. The van der Waals surface area contributed by atoms with E-state index in [1.165, 1.54) is 19.3 Å². The van der Waals surface area contributed by atoms with Gasteiger partial charge in [0.15, 0.2) is 0 Å². The lowest BCUT2D eigenvalue weighted by molar-refractivity contribution is -0.125. The predicted octanol–water partition coefficient (Wildman–Crippen LogP) is 3.35. The fourth-order valence-electron chi connectivity index (χ4n) is 4.06. The number of benzene rings is 1. The highest BCUT2D eigenvalue weighted by molar-refractivity contribution is 5.85. The lowest BCUT2D eigenvalue weighted by Crippen LogP contribution is -2.42. The second-order valence-corrected chi connectivity index (χ2v) is 7.11. The van der Waals surface area contributed by atoms with Gasteiger partial charge in [0.05, 0.1) is 6.04 Å². The maximum absolute atomic E-state index is 12.6. The number of hydrogen-bond acceptors (Lipinski definition) is 3. The van der Waals surface area contributed by atoms with Crippen molar-refractivity contribution in [3.8, 4) is 0 Å². The van der Waals surface area contributed by atoms with Crippen LogP contribution in [-0.4, -0.2) is 25.1 Å². The number of carbonyl (C=O) groups is 1. The number of hydrogen-bond donors (Lipinski definition) is 2. The number of rotatable bonds is 5. The summed E-state index contributed by atoms with van der Waals surface area (Å²) in [6.07, 6.45) is 7.24. The molecule has 0 bridgehead atoms. The van der Waals surface area contributed by atoms with Crippen LogP contribution in [0.1, 0.15) is 56.6 Å². The molecule has 4 nitrogen and oxygen atoms in total. The molecule has 1 aliphatic heterocycles. The van der Waals surface area contributed by atoms with Crippen molar-refractivity contribution < 1.29 is 9.53 Å². The molecule has 134 valence electrons. The smallest absolute Gasteiger partial charge is 0.220 e. The molecular weight excluding hydrogens is 324 g/mol. The van der Waals surface area contributed by atoms with Crippen LogP contribution in [0.25, 0.3) is 0 Å². The summed E-state index contributed by atoms with van der Waals surface area (Å²) in [5, 5.41) is 3.21. The van der Waals surface area contributed by atoms with E-state index in [1.807, 2.05) is 18.2 Å². The molecule has 2 unspecified atom stereocenters. The summed E-state index contributed by atoms with van der Waals surface area (Å²) in [5.41, 5.74) is 7.17. The van der Waals surface area contributed by atoms with Crippen LogP contribution in [0.4, 0.5) is 0 Å². The summed E-state index contributed by atoms with van der Waals surface area (Å²) in [6.45, 7) is 1.32. The molecule has 3 rings (SSSR count). The van der Waals surface area contributed by atoms with E-state index in [0.29, 0.717) is 19.6 Å². The molecule has 0 spiro atoms. The minimum absolute atomic E-state index is 0. The van der Waals surface area contributed by atoms with Gasteiger partial charge in [0, 0.05) is 13.0 Å². The van der Waals surface area contributed by atoms with Crippen molar-refractivity contribution >= 4 is 18.3 Å². The van der Waals surface area contributed by atoms with E-state index in [4.69, 9.17) is 10.5 Å². The van der Waals surface area contributed by atoms with E-state index in [0.717, 1.165) is 24.8 Å². The van der Waals surface area contributed by atoms with Gasteiger partial charge < -0.3 is 15.8 Å². The highest BCUT2D eigenvalue weighted by Gasteiger charge is 2.35. The second kappa shape index (κ2) is 8.84. The fraction of sp³-hybridized carbons (Fsp3) is 0.632. The maximum atomic E-state index is 12.6. The van der Waals surface area contributed by atoms with Crippen molar-refractivity contribution in [1.29, 1.82) is 0 Å². The van der Waals surface area contributed by atoms with E-state index in [2.05, 4.69) is 17.4 Å². The Morgan fingerprint density at radius 3 is 2.58 bits per heavy atom. The first-order chi connectivity index (χ1) is 11.2. The first-order valence-corrected chi connectivity index (χ1v) is 8.88. The first kappa shape index (κ1) is 19.2. The van der Waals surface area contributed by atoms with Crippen molar-refractivity contribution in [3.05, 3.63) is 35.9 Å². The summed E-state index contributed by atoms with van der Waals surface area (Å²) >= 11 is 0. The van der Waals surface area contributed by atoms with Crippen LogP contribution in [0.15, 0.2) is 30.3 Å². The van der Waals surface area contributed by atoms with E-state index < -0.39 is 0 Å². The van der Waals surface area contributed by atoms with Gasteiger partial charge in [-0.3, -0.25) is 4.79 Å². The van der Waals surface area contributed by atoms with Gasteiger partial charge in [0.25, 0.3) is 0 Å². The standard InChI is InChI=1S/C19H28N2O2.ClH/c20-14-19(10-5-2-6-11-19)13-17(22)21-16-9-12-23-18(16)15-7-3-1-4-8-15;/h1,3-4,7-8,16,18H,2,5-6,9-14,20H2,(H,21,22);1H. The Kier molecular flexibility index (Phi) is 7.08. The van der Waals surface area contributed by atoms with Crippen LogP contribution in [0.3, 0.4) is 0 Å². The SMILES string of the molecule is Cl.NCC1(CC(=O)NC2CCOC2c2ccccc2)CCCCC1. The summed E-state index contributed by atoms with van der Waals surface area (Å²) < 4.78 is 5.85. The van der Waals surface area contributed by atoms with Crippen molar-refractivity contribution in [1.82, 2.24) is 5.32 Å². The third kappa shape index (κ3) is 4.50. The monoisotopic (exact) mass is 352 g/mol. The summed E-state index contributed by atoms with van der Waals surface area (Å²) in [6, 6.07) is 10.2. The van der Waals surface area contributed by atoms with Gasteiger partial charge in [0.2, 0.25) is 5.91 Å². The molecule has 3 N–H and O–H groups in total. The molecule has 1 aromatic carbocycles. The van der Waals surface area contributed by atoms with Gasteiger partial charge in [-0.2, -0.15) is 0 Å². The van der Waals surface area contributed by atoms with Crippen molar-refractivity contribution in [3.63, 3.8) is 0 Å². The minimum Gasteiger partial charge on any atom is -0.371 e. The van der Waals surface area contributed by atoms with Gasteiger partial charge in [-0.1, -0.05) is 49.6 Å². The molecule has 1 amide bonds. The first-order valence-electron chi connectivity index (χ1n) is 8.88. The largest absolute Gasteiger partial charge is 0.371 e. The number of nitrogens with two attached hydrogens (primary N) is 1. The van der Waals surface area contributed by atoms with Crippen LogP contribution in [-0.2, 0) is 9.53 Å². The summed E-state index contributed by atoms with van der Waals surface area (Å²) in [7, 11) is 0. The van der Waals surface area contributed by atoms with Gasteiger partial charge in [-0.25, -0.2) is 0 Å². The Labute approximate surface area is 150 Å². The molecule has 0 aromatic heterocycles. The fourth-order valence-corrected chi connectivity index (χ4v) is 4.06. The zero-order valence-corrected chi connectivity index (χ0v) is 15.0.